The summed E-state index contributed by atoms with van der Waals surface area (Å²) >= 11 is 0. The molecule has 3 aromatic rings. The molecule has 0 fully saturated rings. The maximum absolute atomic E-state index is 11.6. The number of carbonyl (C=O) groups excluding carboxylic acids is 1. The van der Waals surface area contributed by atoms with Gasteiger partial charge in [-0.25, -0.2) is 0 Å². The fourth-order valence-electron chi connectivity index (χ4n) is 2.35. The Balaban J connectivity index is 1.87. The molecule has 0 saturated heterocycles. The van der Waals surface area contributed by atoms with Gasteiger partial charge in [-0.2, -0.15) is 0 Å². The van der Waals surface area contributed by atoms with E-state index in [9.17, 15) is 9.59 Å². The van der Waals surface area contributed by atoms with Crippen LogP contribution >= 0.6 is 0 Å². The van der Waals surface area contributed by atoms with E-state index in [1.165, 1.54) is 0 Å². The first-order valence-corrected chi connectivity index (χ1v) is 6.47. The van der Waals surface area contributed by atoms with Crippen molar-refractivity contribution < 1.29 is 4.79 Å². The summed E-state index contributed by atoms with van der Waals surface area (Å²) in [6.45, 7) is 1.34. The van der Waals surface area contributed by atoms with Crippen LogP contribution in [-0.4, -0.2) is 15.4 Å². The van der Waals surface area contributed by atoms with Crippen LogP contribution in [-0.2, 0) is 13.1 Å². The molecule has 2 heterocycles. The van der Waals surface area contributed by atoms with E-state index in [0.29, 0.717) is 18.7 Å². The second-order valence-corrected chi connectivity index (χ2v) is 4.68. The van der Waals surface area contributed by atoms with Crippen molar-refractivity contribution in [3.05, 3.63) is 70.8 Å². The number of fused-ring (bicyclic) bond motifs is 1. The second-order valence-electron chi connectivity index (χ2n) is 4.68. The van der Waals surface area contributed by atoms with Gasteiger partial charge < -0.3 is 9.13 Å². The van der Waals surface area contributed by atoms with E-state index in [2.05, 4.69) is 4.57 Å². The highest BCUT2D eigenvalue weighted by molar-refractivity contribution is 5.87. The van der Waals surface area contributed by atoms with E-state index < -0.39 is 0 Å². The minimum Gasteiger partial charge on any atom is -0.346 e. The Hall–Kier alpha value is -2.62. The molecule has 0 bridgehead atoms. The smallest absolute Gasteiger partial charge is 0.250 e. The fraction of sp³-hybridized carbons (Fsp3) is 0.125. The molecule has 0 atom stereocenters. The van der Waals surface area contributed by atoms with E-state index in [4.69, 9.17) is 0 Å². The molecule has 20 heavy (non-hydrogen) atoms. The molecule has 0 N–H and O–H groups in total. The lowest BCUT2D eigenvalue weighted by Gasteiger charge is -2.07. The summed E-state index contributed by atoms with van der Waals surface area (Å²) in [5.74, 6) is 0. The van der Waals surface area contributed by atoms with Gasteiger partial charge in [0.15, 0.2) is 0 Å². The van der Waals surface area contributed by atoms with Crippen molar-refractivity contribution in [1.29, 1.82) is 0 Å². The van der Waals surface area contributed by atoms with Crippen LogP contribution in [0.1, 0.15) is 10.4 Å². The van der Waals surface area contributed by atoms with Crippen LogP contribution in [0.15, 0.2) is 59.7 Å². The molecule has 0 amide bonds. The minimum absolute atomic E-state index is 0.00667. The van der Waals surface area contributed by atoms with Crippen molar-refractivity contribution in [2.75, 3.05) is 0 Å². The van der Waals surface area contributed by atoms with E-state index in [0.717, 1.165) is 17.2 Å². The van der Waals surface area contributed by atoms with Gasteiger partial charge in [-0.1, -0.05) is 6.07 Å². The van der Waals surface area contributed by atoms with Crippen LogP contribution in [0.2, 0.25) is 0 Å². The molecule has 3 rings (SSSR count). The summed E-state index contributed by atoms with van der Waals surface area (Å²) in [5, 5.41) is 1.04. The Morgan fingerprint density at radius 3 is 2.60 bits per heavy atom. The van der Waals surface area contributed by atoms with Crippen LogP contribution in [0.25, 0.3) is 10.9 Å². The summed E-state index contributed by atoms with van der Waals surface area (Å²) in [5.41, 5.74) is 1.75. The highest BCUT2D eigenvalue weighted by atomic mass is 16.1. The van der Waals surface area contributed by atoms with E-state index in [1.807, 2.05) is 30.5 Å². The number of aryl methyl sites for hydroxylation is 2. The topological polar surface area (TPSA) is 44.0 Å². The third-order valence-corrected chi connectivity index (χ3v) is 3.41. The van der Waals surface area contributed by atoms with Gasteiger partial charge in [0.1, 0.15) is 6.29 Å². The lowest BCUT2D eigenvalue weighted by Crippen LogP contribution is -2.20. The maximum atomic E-state index is 11.6. The average Bonchev–Trinajstić information content (AvgIpc) is 2.88. The highest BCUT2D eigenvalue weighted by Crippen LogP contribution is 2.17. The number of pyridine rings is 1. The molecule has 0 radical (unpaired) electrons. The Labute approximate surface area is 115 Å². The number of aldehydes is 1. The van der Waals surface area contributed by atoms with E-state index in [1.54, 1.807) is 29.0 Å². The molecule has 100 valence electrons. The Kier molecular flexibility index (Phi) is 3.21. The first kappa shape index (κ1) is 12.4. The first-order valence-electron chi connectivity index (χ1n) is 6.47. The number of carbonyl (C=O) groups is 1. The molecule has 2 aromatic heterocycles. The molecule has 4 heteroatoms. The van der Waals surface area contributed by atoms with Gasteiger partial charge in [-0.15, -0.1) is 0 Å². The molecule has 0 aliphatic rings. The van der Waals surface area contributed by atoms with E-state index in [-0.39, 0.29) is 5.56 Å². The SMILES string of the molecule is O=Cc1ccc2c(ccn2CCn2ccccc2=O)c1. The van der Waals surface area contributed by atoms with Gasteiger partial charge in [-0.3, -0.25) is 9.59 Å². The maximum Gasteiger partial charge on any atom is 0.250 e. The number of nitrogens with zero attached hydrogens (tertiary/aromatic N) is 2. The normalized spacial score (nSPS) is 10.8. The lowest BCUT2D eigenvalue weighted by molar-refractivity contribution is 0.112. The Bertz CT molecular complexity index is 814. The predicted molar refractivity (Wildman–Crippen MR) is 78.0 cm³/mol. The summed E-state index contributed by atoms with van der Waals surface area (Å²) in [7, 11) is 0. The standard InChI is InChI=1S/C16H14N2O2/c19-12-13-4-5-15-14(11-13)6-8-17(15)9-10-18-7-2-1-3-16(18)20/h1-8,11-12H,9-10H2. The monoisotopic (exact) mass is 266 g/mol. The Morgan fingerprint density at radius 2 is 1.80 bits per heavy atom. The van der Waals surface area contributed by atoms with Gasteiger partial charge >= 0.3 is 0 Å². The van der Waals surface area contributed by atoms with Gasteiger partial charge in [0.2, 0.25) is 0 Å². The molecule has 0 aliphatic heterocycles. The van der Waals surface area contributed by atoms with Crippen molar-refractivity contribution >= 4 is 17.2 Å². The lowest BCUT2D eigenvalue weighted by atomic mass is 10.2. The van der Waals surface area contributed by atoms with Crippen LogP contribution in [0.4, 0.5) is 0 Å². The van der Waals surface area contributed by atoms with Gasteiger partial charge in [0.25, 0.3) is 5.56 Å². The first-order chi connectivity index (χ1) is 9.78. The van der Waals surface area contributed by atoms with Crippen LogP contribution < -0.4 is 5.56 Å². The third-order valence-electron chi connectivity index (χ3n) is 3.41. The summed E-state index contributed by atoms with van der Waals surface area (Å²) in [6.07, 6.45) is 4.62. The zero-order valence-electron chi connectivity index (χ0n) is 10.9. The molecule has 0 saturated carbocycles. The zero-order valence-corrected chi connectivity index (χ0v) is 10.9. The van der Waals surface area contributed by atoms with Crippen molar-refractivity contribution in [3.8, 4) is 0 Å². The fourth-order valence-corrected chi connectivity index (χ4v) is 2.35. The summed E-state index contributed by atoms with van der Waals surface area (Å²) in [6, 6.07) is 12.7. The van der Waals surface area contributed by atoms with Crippen LogP contribution in [0, 0.1) is 0 Å². The molecule has 0 unspecified atom stereocenters. The summed E-state index contributed by atoms with van der Waals surface area (Å²) < 4.78 is 3.77. The number of rotatable bonds is 4. The number of hydrogen-bond donors (Lipinski definition) is 0. The number of aromatic nitrogens is 2. The van der Waals surface area contributed by atoms with Crippen molar-refractivity contribution in [2.24, 2.45) is 0 Å². The van der Waals surface area contributed by atoms with Gasteiger partial charge in [-0.05, 0) is 30.3 Å². The van der Waals surface area contributed by atoms with Crippen molar-refractivity contribution in [3.63, 3.8) is 0 Å². The van der Waals surface area contributed by atoms with E-state index >= 15 is 0 Å². The minimum atomic E-state index is 0.00667. The predicted octanol–water partition coefficient (Wildman–Crippen LogP) is 2.32. The third kappa shape index (κ3) is 2.28. The molecule has 0 spiro atoms. The molecular formula is C16H14N2O2. The second kappa shape index (κ2) is 5.17. The Morgan fingerprint density at radius 1 is 0.950 bits per heavy atom. The number of hydrogen-bond acceptors (Lipinski definition) is 2. The van der Waals surface area contributed by atoms with Crippen LogP contribution in [0.5, 0.6) is 0 Å². The molecule has 1 aromatic carbocycles. The van der Waals surface area contributed by atoms with Crippen molar-refractivity contribution in [2.45, 2.75) is 13.1 Å². The average molecular weight is 266 g/mol. The van der Waals surface area contributed by atoms with Crippen LogP contribution in [0.3, 0.4) is 0 Å². The zero-order chi connectivity index (χ0) is 13.9. The molecule has 0 aliphatic carbocycles. The molecule has 4 nitrogen and oxygen atoms in total. The number of benzene rings is 1. The summed E-state index contributed by atoms with van der Waals surface area (Å²) in [4.78, 5) is 22.4. The quantitative estimate of drug-likeness (QED) is 0.680. The van der Waals surface area contributed by atoms with Crippen molar-refractivity contribution in [1.82, 2.24) is 9.13 Å². The molecular weight excluding hydrogens is 252 g/mol. The largest absolute Gasteiger partial charge is 0.346 e. The van der Waals surface area contributed by atoms with Gasteiger partial charge in [0.05, 0.1) is 0 Å². The highest BCUT2D eigenvalue weighted by Gasteiger charge is 2.02. The van der Waals surface area contributed by atoms with Gasteiger partial charge in [0, 0.05) is 48.0 Å².